The van der Waals surface area contributed by atoms with Gasteiger partial charge in [0.2, 0.25) is 5.91 Å². The third kappa shape index (κ3) is 3.37. The molecule has 1 atom stereocenters. The Morgan fingerprint density at radius 1 is 1.00 bits per heavy atom. The molecule has 4 rings (SSSR count). The van der Waals surface area contributed by atoms with Gasteiger partial charge in [0.25, 0.3) is 0 Å². The molecular weight excluding hydrogens is 382 g/mol. The number of nitrogens with one attached hydrogen (secondary N) is 1. The van der Waals surface area contributed by atoms with E-state index < -0.39 is 17.3 Å². The van der Waals surface area contributed by atoms with Crippen molar-refractivity contribution in [3.63, 3.8) is 0 Å². The summed E-state index contributed by atoms with van der Waals surface area (Å²) in [5.41, 5.74) is 0.973. The van der Waals surface area contributed by atoms with Crippen LogP contribution in [0, 0.1) is 0 Å². The molecule has 0 aliphatic rings. The number of carboxylic acids is 1. The first-order valence-electron chi connectivity index (χ1n) is 9.50. The Morgan fingerprint density at radius 2 is 1.70 bits per heavy atom. The number of hydrogen-bond donors (Lipinski definition) is 2. The Balaban J connectivity index is 1.66. The molecule has 6 heteroatoms. The number of rotatable bonds is 6. The fraction of sp³-hybridized carbons (Fsp3) is 0.167. The Kier molecular flexibility index (Phi) is 4.91. The van der Waals surface area contributed by atoms with Gasteiger partial charge in [0.1, 0.15) is 16.9 Å². The number of benzene rings is 3. The Bertz CT molecular complexity index is 1240. The number of amides is 1. The van der Waals surface area contributed by atoms with Crippen molar-refractivity contribution in [2.45, 2.75) is 18.8 Å². The van der Waals surface area contributed by atoms with Gasteiger partial charge in [-0.05, 0) is 24.6 Å². The second kappa shape index (κ2) is 7.55. The van der Waals surface area contributed by atoms with E-state index in [0.29, 0.717) is 22.6 Å². The fourth-order valence-corrected chi connectivity index (χ4v) is 3.64. The molecule has 152 valence electrons. The smallest absolute Gasteiger partial charge is 0.314 e. The number of carboxylic acid groups (broad SMARTS) is 1. The van der Waals surface area contributed by atoms with E-state index in [1.807, 2.05) is 30.3 Å². The van der Waals surface area contributed by atoms with Crippen molar-refractivity contribution < 1.29 is 23.8 Å². The predicted molar refractivity (Wildman–Crippen MR) is 115 cm³/mol. The first kappa shape index (κ1) is 19.5. The number of carbonyl (C=O) groups is 2. The van der Waals surface area contributed by atoms with Crippen LogP contribution >= 0.6 is 0 Å². The maximum Gasteiger partial charge on any atom is 0.314 e. The van der Waals surface area contributed by atoms with E-state index >= 15 is 0 Å². The van der Waals surface area contributed by atoms with Crippen LogP contribution in [0.3, 0.4) is 0 Å². The zero-order valence-corrected chi connectivity index (χ0v) is 16.6. The van der Waals surface area contributed by atoms with Crippen LogP contribution in [0.1, 0.15) is 18.9 Å². The van der Waals surface area contributed by atoms with Gasteiger partial charge < -0.3 is 19.6 Å². The number of methoxy groups -OCH3 is 1. The van der Waals surface area contributed by atoms with E-state index in [1.165, 1.54) is 7.11 Å². The van der Waals surface area contributed by atoms with E-state index in [-0.39, 0.29) is 6.42 Å². The molecule has 0 radical (unpaired) electrons. The number of ether oxygens (including phenoxy) is 1. The molecule has 3 aromatic carbocycles. The third-order valence-corrected chi connectivity index (χ3v) is 5.37. The number of para-hydroxylation sites is 1. The molecule has 1 unspecified atom stereocenters. The zero-order chi connectivity index (χ0) is 21.3. The summed E-state index contributed by atoms with van der Waals surface area (Å²) in [7, 11) is 1.52. The van der Waals surface area contributed by atoms with E-state index in [1.54, 1.807) is 43.3 Å². The molecule has 0 fully saturated rings. The monoisotopic (exact) mass is 403 g/mol. The van der Waals surface area contributed by atoms with Gasteiger partial charge in [-0.25, -0.2) is 0 Å². The van der Waals surface area contributed by atoms with E-state index in [0.717, 1.165) is 16.4 Å². The highest BCUT2D eigenvalue weighted by atomic mass is 16.5. The molecule has 6 nitrogen and oxygen atoms in total. The number of furan rings is 1. The van der Waals surface area contributed by atoms with Crippen molar-refractivity contribution >= 4 is 39.5 Å². The van der Waals surface area contributed by atoms with E-state index in [2.05, 4.69) is 5.32 Å². The van der Waals surface area contributed by atoms with E-state index in [9.17, 15) is 14.7 Å². The SMILES string of the molecule is COc1cc2c(cc1NC(=O)CC(C)(C(=O)O)c1ccccc1)oc1ccccc12. The molecular formula is C24H21NO5. The highest BCUT2D eigenvalue weighted by molar-refractivity contribution is 6.08. The van der Waals surface area contributed by atoms with Crippen molar-refractivity contribution in [3.05, 3.63) is 72.3 Å². The average Bonchev–Trinajstić information content (AvgIpc) is 3.10. The molecule has 1 amide bonds. The standard InChI is InChI=1S/C24H21NO5/c1-24(23(27)28,15-8-4-3-5-9-15)14-22(26)25-18-13-20-17(12-21(18)29-2)16-10-6-7-11-19(16)30-20/h3-13H,14H2,1-2H3,(H,25,26)(H,27,28). The highest BCUT2D eigenvalue weighted by Gasteiger charge is 2.37. The Morgan fingerprint density at radius 3 is 2.40 bits per heavy atom. The van der Waals surface area contributed by atoms with Gasteiger partial charge in [0.05, 0.1) is 18.2 Å². The Labute approximate surface area is 173 Å². The molecule has 4 aromatic rings. The number of aliphatic carboxylic acids is 1. The van der Waals surface area contributed by atoms with Crippen LogP contribution < -0.4 is 10.1 Å². The number of hydrogen-bond acceptors (Lipinski definition) is 4. The summed E-state index contributed by atoms with van der Waals surface area (Å²) in [6, 6.07) is 19.9. The quantitative estimate of drug-likeness (QED) is 0.475. The summed E-state index contributed by atoms with van der Waals surface area (Å²) in [4.78, 5) is 24.8. The van der Waals surface area contributed by atoms with Gasteiger partial charge >= 0.3 is 5.97 Å². The van der Waals surface area contributed by atoms with Crippen LogP contribution in [0.4, 0.5) is 5.69 Å². The minimum Gasteiger partial charge on any atom is -0.495 e. The lowest BCUT2D eigenvalue weighted by atomic mass is 9.79. The molecule has 0 saturated carbocycles. The van der Waals surface area contributed by atoms with Gasteiger partial charge in [0.15, 0.2) is 0 Å². The largest absolute Gasteiger partial charge is 0.495 e. The summed E-state index contributed by atoms with van der Waals surface area (Å²) in [5, 5.41) is 14.4. The number of fused-ring (bicyclic) bond motifs is 3. The van der Waals surface area contributed by atoms with Crippen LogP contribution in [-0.2, 0) is 15.0 Å². The first-order chi connectivity index (χ1) is 14.4. The van der Waals surface area contributed by atoms with Crippen molar-refractivity contribution in [3.8, 4) is 5.75 Å². The summed E-state index contributed by atoms with van der Waals surface area (Å²) in [6.45, 7) is 1.55. The highest BCUT2D eigenvalue weighted by Crippen LogP contribution is 2.37. The van der Waals surface area contributed by atoms with Gasteiger partial charge in [-0.2, -0.15) is 0 Å². The van der Waals surface area contributed by atoms with Gasteiger partial charge in [-0.15, -0.1) is 0 Å². The molecule has 30 heavy (non-hydrogen) atoms. The van der Waals surface area contributed by atoms with Crippen molar-refractivity contribution in [2.75, 3.05) is 12.4 Å². The van der Waals surface area contributed by atoms with Crippen molar-refractivity contribution in [1.29, 1.82) is 0 Å². The lowest BCUT2D eigenvalue weighted by molar-refractivity contribution is -0.145. The van der Waals surface area contributed by atoms with Crippen LogP contribution in [-0.4, -0.2) is 24.1 Å². The summed E-state index contributed by atoms with van der Waals surface area (Å²) >= 11 is 0. The second-order valence-electron chi connectivity index (χ2n) is 7.38. The van der Waals surface area contributed by atoms with Crippen LogP contribution in [0.25, 0.3) is 21.9 Å². The van der Waals surface area contributed by atoms with Gasteiger partial charge in [-0.1, -0.05) is 48.5 Å². The molecule has 0 spiro atoms. The molecule has 1 heterocycles. The Hall–Kier alpha value is -3.80. The van der Waals surface area contributed by atoms with Crippen molar-refractivity contribution in [2.24, 2.45) is 0 Å². The van der Waals surface area contributed by atoms with Gasteiger partial charge in [-0.3, -0.25) is 9.59 Å². The maximum atomic E-state index is 12.8. The molecule has 2 N–H and O–H groups in total. The average molecular weight is 403 g/mol. The second-order valence-corrected chi connectivity index (χ2v) is 7.38. The molecule has 0 aliphatic heterocycles. The van der Waals surface area contributed by atoms with E-state index in [4.69, 9.17) is 9.15 Å². The normalized spacial score (nSPS) is 13.1. The lowest BCUT2D eigenvalue weighted by Gasteiger charge is -2.25. The number of carbonyl (C=O) groups excluding carboxylic acids is 1. The van der Waals surface area contributed by atoms with Crippen LogP contribution in [0.5, 0.6) is 5.75 Å². The lowest BCUT2D eigenvalue weighted by Crippen LogP contribution is -2.36. The van der Waals surface area contributed by atoms with Gasteiger partial charge in [0, 0.05) is 23.3 Å². The van der Waals surface area contributed by atoms with Crippen molar-refractivity contribution in [1.82, 2.24) is 0 Å². The molecule has 0 aliphatic carbocycles. The zero-order valence-electron chi connectivity index (χ0n) is 16.6. The summed E-state index contributed by atoms with van der Waals surface area (Å²) < 4.78 is 11.3. The predicted octanol–water partition coefficient (Wildman–Crippen LogP) is 4.97. The minimum absolute atomic E-state index is 0.229. The topological polar surface area (TPSA) is 88.8 Å². The fourth-order valence-electron chi connectivity index (χ4n) is 3.64. The molecule has 0 saturated heterocycles. The third-order valence-electron chi connectivity index (χ3n) is 5.37. The summed E-state index contributed by atoms with van der Waals surface area (Å²) in [6.07, 6.45) is -0.229. The first-order valence-corrected chi connectivity index (χ1v) is 9.50. The molecule has 0 bridgehead atoms. The van der Waals surface area contributed by atoms with Crippen LogP contribution in [0.15, 0.2) is 71.1 Å². The summed E-state index contributed by atoms with van der Waals surface area (Å²) in [5.74, 6) is -1.03. The molecule has 1 aromatic heterocycles. The van der Waals surface area contributed by atoms with Crippen LogP contribution in [0.2, 0.25) is 0 Å². The maximum absolute atomic E-state index is 12.8. The number of anilines is 1. The minimum atomic E-state index is -1.36.